The predicted molar refractivity (Wildman–Crippen MR) is 94.0 cm³/mol. The monoisotopic (exact) mass is 298 g/mol. The number of nitrogens with zero attached hydrogens (tertiary/aromatic N) is 2. The Hall–Kier alpha value is -2.10. The van der Waals surface area contributed by atoms with Crippen LogP contribution in [0.5, 0.6) is 0 Å². The zero-order valence-electron chi connectivity index (χ0n) is 13.8. The number of fused-ring (bicyclic) bond motifs is 1. The molecular formula is C18H26N4. The van der Waals surface area contributed by atoms with Crippen LogP contribution in [0, 0.1) is 5.92 Å². The van der Waals surface area contributed by atoms with Crippen molar-refractivity contribution < 1.29 is 0 Å². The molecule has 4 nitrogen and oxygen atoms in total. The van der Waals surface area contributed by atoms with Gasteiger partial charge in [0.25, 0.3) is 0 Å². The van der Waals surface area contributed by atoms with Gasteiger partial charge in [-0.05, 0) is 17.5 Å². The van der Waals surface area contributed by atoms with E-state index in [0.717, 1.165) is 24.6 Å². The van der Waals surface area contributed by atoms with Crippen molar-refractivity contribution in [3.05, 3.63) is 42.1 Å². The van der Waals surface area contributed by atoms with Gasteiger partial charge < -0.3 is 10.6 Å². The first kappa shape index (κ1) is 16.3. The molecule has 0 aliphatic carbocycles. The molecule has 0 unspecified atom stereocenters. The van der Waals surface area contributed by atoms with Crippen molar-refractivity contribution in [1.29, 1.82) is 0 Å². The minimum absolute atomic E-state index is 0.692. The highest BCUT2D eigenvalue weighted by molar-refractivity contribution is 5.83. The highest BCUT2D eigenvalue weighted by atomic mass is 15.2. The zero-order chi connectivity index (χ0) is 15.8. The molecule has 0 amide bonds. The Labute approximate surface area is 133 Å². The van der Waals surface area contributed by atoms with E-state index in [-0.39, 0.29) is 0 Å². The lowest BCUT2D eigenvalue weighted by molar-refractivity contribution is 0.481. The first-order valence-electron chi connectivity index (χ1n) is 8.05. The second-order valence-corrected chi connectivity index (χ2v) is 5.48. The number of pyridine rings is 1. The molecule has 0 aliphatic rings. The minimum atomic E-state index is 0.692. The van der Waals surface area contributed by atoms with Gasteiger partial charge in [-0.3, -0.25) is 9.98 Å². The number of benzene rings is 1. The molecule has 0 bridgehead atoms. The minimum Gasteiger partial charge on any atom is -0.356 e. The highest BCUT2D eigenvalue weighted by Gasteiger charge is 2.06. The van der Waals surface area contributed by atoms with Crippen molar-refractivity contribution in [2.75, 3.05) is 13.6 Å². The van der Waals surface area contributed by atoms with Gasteiger partial charge >= 0.3 is 0 Å². The lowest BCUT2D eigenvalue weighted by Crippen LogP contribution is -2.39. The summed E-state index contributed by atoms with van der Waals surface area (Å²) in [5.41, 5.74) is 2.23. The second kappa shape index (κ2) is 8.37. The largest absolute Gasteiger partial charge is 0.356 e. The molecule has 0 spiro atoms. The lowest BCUT2D eigenvalue weighted by Gasteiger charge is -2.17. The number of aromatic nitrogens is 1. The van der Waals surface area contributed by atoms with Gasteiger partial charge in [-0.2, -0.15) is 0 Å². The molecule has 1 heterocycles. The summed E-state index contributed by atoms with van der Waals surface area (Å²) in [6.07, 6.45) is 4.22. The molecule has 2 rings (SSSR count). The van der Waals surface area contributed by atoms with E-state index in [9.17, 15) is 0 Å². The maximum atomic E-state index is 4.49. The van der Waals surface area contributed by atoms with Gasteiger partial charge in [-0.1, -0.05) is 51.0 Å². The van der Waals surface area contributed by atoms with Crippen LogP contribution in [0.2, 0.25) is 0 Å². The van der Waals surface area contributed by atoms with Crippen LogP contribution < -0.4 is 10.6 Å². The van der Waals surface area contributed by atoms with E-state index < -0.39 is 0 Å². The third-order valence-corrected chi connectivity index (χ3v) is 4.10. The third-order valence-electron chi connectivity index (χ3n) is 4.10. The molecule has 118 valence electrons. The molecule has 1 aromatic heterocycles. The zero-order valence-corrected chi connectivity index (χ0v) is 13.8. The Balaban J connectivity index is 1.98. The molecular weight excluding hydrogens is 272 g/mol. The lowest BCUT2D eigenvalue weighted by atomic mass is 10.0. The third kappa shape index (κ3) is 4.20. The second-order valence-electron chi connectivity index (χ2n) is 5.48. The van der Waals surface area contributed by atoms with Crippen molar-refractivity contribution in [1.82, 2.24) is 15.6 Å². The standard InChI is InChI=1S/C18H26N4/c1-4-14(5-2)12-21-18(19-3)22-13-16-9-6-8-15-10-7-11-20-17(15)16/h6-11,14H,4-5,12-13H2,1-3H3,(H2,19,21,22). The Morgan fingerprint density at radius 1 is 1.14 bits per heavy atom. The summed E-state index contributed by atoms with van der Waals surface area (Å²) in [5.74, 6) is 1.54. The van der Waals surface area contributed by atoms with Gasteiger partial charge in [0.1, 0.15) is 0 Å². The van der Waals surface area contributed by atoms with Crippen LogP contribution in [0.15, 0.2) is 41.5 Å². The maximum Gasteiger partial charge on any atom is 0.191 e. The average molecular weight is 298 g/mol. The normalized spacial score (nSPS) is 11.9. The van der Waals surface area contributed by atoms with Gasteiger partial charge in [-0.25, -0.2) is 0 Å². The van der Waals surface area contributed by atoms with Gasteiger partial charge in [-0.15, -0.1) is 0 Å². The summed E-state index contributed by atoms with van der Waals surface area (Å²) in [7, 11) is 1.81. The summed E-state index contributed by atoms with van der Waals surface area (Å²) in [6, 6.07) is 10.3. The average Bonchev–Trinajstić information content (AvgIpc) is 2.58. The molecule has 2 N–H and O–H groups in total. The summed E-state index contributed by atoms with van der Waals surface area (Å²) < 4.78 is 0. The van der Waals surface area contributed by atoms with Gasteiger partial charge in [0.2, 0.25) is 0 Å². The molecule has 1 aromatic carbocycles. The molecule has 22 heavy (non-hydrogen) atoms. The smallest absolute Gasteiger partial charge is 0.191 e. The fourth-order valence-electron chi connectivity index (χ4n) is 2.53. The molecule has 0 radical (unpaired) electrons. The van der Waals surface area contributed by atoms with E-state index in [4.69, 9.17) is 0 Å². The van der Waals surface area contributed by atoms with Crippen LogP contribution in [0.4, 0.5) is 0 Å². The topological polar surface area (TPSA) is 49.3 Å². The maximum absolute atomic E-state index is 4.49. The predicted octanol–water partition coefficient (Wildman–Crippen LogP) is 3.34. The number of aliphatic imine (C=N–C) groups is 1. The van der Waals surface area contributed by atoms with Crippen LogP contribution >= 0.6 is 0 Å². The van der Waals surface area contributed by atoms with Crippen LogP contribution in [-0.4, -0.2) is 24.5 Å². The van der Waals surface area contributed by atoms with Crippen molar-refractivity contribution in [3.63, 3.8) is 0 Å². The molecule has 4 heteroatoms. The van der Waals surface area contributed by atoms with Crippen LogP contribution in [0.25, 0.3) is 10.9 Å². The molecule has 0 atom stereocenters. The van der Waals surface area contributed by atoms with Crippen LogP contribution in [0.1, 0.15) is 32.3 Å². The Morgan fingerprint density at radius 2 is 1.91 bits per heavy atom. The Morgan fingerprint density at radius 3 is 2.64 bits per heavy atom. The van der Waals surface area contributed by atoms with Gasteiger partial charge in [0.15, 0.2) is 5.96 Å². The number of hydrogen-bond donors (Lipinski definition) is 2. The quantitative estimate of drug-likeness (QED) is 0.635. The number of hydrogen-bond acceptors (Lipinski definition) is 2. The Bertz CT molecular complexity index is 612. The van der Waals surface area contributed by atoms with E-state index in [1.54, 1.807) is 0 Å². The fourth-order valence-corrected chi connectivity index (χ4v) is 2.53. The fraction of sp³-hybridized carbons (Fsp3) is 0.444. The van der Waals surface area contributed by atoms with E-state index in [1.807, 2.05) is 19.3 Å². The van der Waals surface area contributed by atoms with Crippen molar-refractivity contribution in [3.8, 4) is 0 Å². The molecule has 2 aromatic rings. The summed E-state index contributed by atoms with van der Waals surface area (Å²) >= 11 is 0. The number of para-hydroxylation sites is 1. The first-order valence-corrected chi connectivity index (χ1v) is 8.05. The summed E-state index contributed by atoms with van der Waals surface area (Å²) in [4.78, 5) is 8.78. The van der Waals surface area contributed by atoms with Gasteiger partial charge in [0.05, 0.1) is 5.52 Å². The Kier molecular flexibility index (Phi) is 6.19. The van der Waals surface area contributed by atoms with E-state index in [2.05, 4.69) is 58.7 Å². The van der Waals surface area contributed by atoms with Crippen molar-refractivity contribution >= 4 is 16.9 Å². The van der Waals surface area contributed by atoms with Crippen molar-refractivity contribution in [2.24, 2.45) is 10.9 Å². The number of guanidine groups is 1. The van der Waals surface area contributed by atoms with Crippen LogP contribution in [-0.2, 0) is 6.54 Å². The van der Waals surface area contributed by atoms with Gasteiger partial charge in [0, 0.05) is 31.7 Å². The van der Waals surface area contributed by atoms with E-state index in [1.165, 1.54) is 23.8 Å². The summed E-state index contributed by atoms with van der Waals surface area (Å²) in [6.45, 7) is 6.14. The molecule has 0 aliphatic heterocycles. The SMILES string of the molecule is CCC(CC)CNC(=NC)NCc1cccc2cccnc12. The highest BCUT2D eigenvalue weighted by Crippen LogP contribution is 2.15. The molecule has 0 saturated carbocycles. The van der Waals surface area contributed by atoms with Crippen LogP contribution in [0.3, 0.4) is 0 Å². The van der Waals surface area contributed by atoms with E-state index in [0.29, 0.717) is 5.92 Å². The van der Waals surface area contributed by atoms with Crippen molar-refractivity contribution in [2.45, 2.75) is 33.2 Å². The number of rotatable bonds is 6. The molecule has 0 fully saturated rings. The summed E-state index contributed by atoms with van der Waals surface area (Å²) in [5, 5.41) is 7.96. The van der Waals surface area contributed by atoms with E-state index >= 15 is 0 Å². The first-order chi connectivity index (χ1) is 10.8. The molecule has 0 saturated heterocycles. The number of nitrogens with one attached hydrogen (secondary N) is 2.